The number of nitrogens with one attached hydrogen (secondary N) is 1. The molecule has 1 atom stereocenters. The fourth-order valence-electron chi connectivity index (χ4n) is 4.13. The van der Waals surface area contributed by atoms with Crippen molar-refractivity contribution >= 4 is 11.4 Å². The molecule has 33 heavy (non-hydrogen) atoms. The van der Waals surface area contributed by atoms with E-state index in [-0.39, 0.29) is 11.8 Å². The average Bonchev–Trinajstić information content (AvgIpc) is 3.59. The molecule has 12 heteroatoms. The largest absolute Gasteiger partial charge is 0.411 e. The summed E-state index contributed by atoms with van der Waals surface area (Å²) in [7, 11) is 1.80. The first-order valence-electron chi connectivity index (χ1n) is 10.3. The van der Waals surface area contributed by atoms with Crippen LogP contribution in [-0.2, 0) is 13.5 Å². The number of amides is 1. The van der Waals surface area contributed by atoms with E-state index >= 15 is 0 Å². The van der Waals surface area contributed by atoms with Crippen molar-refractivity contribution in [3.63, 3.8) is 0 Å². The van der Waals surface area contributed by atoms with Gasteiger partial charge < -0.3 is 14.3 Å². The highest BCUT2D eigenvalue weighted by Gasteiger charge is 2.38. The molecule has 0 saturated heterocycles. The lowest BCUT2D eigenvalue weighted by Crippen LogP contribution is -2.41. The van der Waals surface area contributed by atoms with Crippen molar-refractivity contribution in [1.29, 1.82) is 0 Å². The Labute approximate surface area is 185 Å². The molecule has 0 saturated carbocycles. The van der Waals surface area contributed by atoms with Crippen molar-refractivity contribution in [3.8, 4) is 11.6 Å². The highest BCUT2D eigenvalue weighted by atomic mass is 19.1. The number of carbonyl (C=O) groups excluding carboxylic acids is 1. The lowest BCUT2D eigenvalue weighted by molar-refractivity contribution is 0.0646. The van der Waals surface area contributed by atoms with E-state index in [1.807, 2.05) is 6.92 Å². The summed E-state index contributed by atoms with van der Waals surface area (Å²) in [6.07, 6.45) is 3.80. The fourth-order valence-corrected chi connectivity index (χ4v) is 4.13. The summed E-state index contributed by atoms with van der Waals surface area (Å²) in [5, 5.41) is 16.8. The van der Waals surface area contributed by atoms with Crippen molar-refractivity contribution in [1.82, 2.24) is 44.5 Å². The first-order valence-corrected chi connectivity index (χ1v) is 10.3. The van der Waals surface area contributed by atoms with Gasteiger partial charge in [0.2, 0.25) is 0 Å². The van der Waals surface area contributed by atoms with Crippen LogP contribution >= 0.6 is 0 Å². The molecule has 1 amide bonds. The van der Waals surface area contributed by atoms with Crippen LogP contribution in [0.15, 0.2) is 41.2 Å². The number of H-pyrrole nitrogens is 1. The van der Waals surface area contributed by atoms with E-state index in [9.17, 15) is 9.18 Å². The molecule has 6 rings (SSSR count). The van der Waals surface area contributed by atoms with Crippen LogP contribution in [0.3, 0.4) is 0 Å². The molecular formula is C21H18FN9O2. The molecule has 1 N–H and O–H groups in total. The van der Waals surface area contributed by atoms with Gasteiger partial charge in [0, 0.05) is 37.6 Å². The minimum Gasteiger partial charge on any atom is -0.411 e. The second-order valence-corrected chi connectivity index (χ2v) is 7.88. The smallest absolute Gasteiger partial charge is 0.312 e. The molecule has 0 fully saturated rings. The first kappa shape index (κ1) is 19.3. The van der Waals surface area contributed by atoms with Crippen LogP contribution in [0.1, 0.15) is 39.5 Å². The fraction of sp³-hybridized carbons (Fsp3) is 0.238. The third-order valence-corrected chi connectivity index (χ3v) is 5.88. The number of fused-ring (bicyclic) bond motifs is 2. The standard InChI is InChI=1S/C21H18FN9O2/c1-11-8-15(27-29(11)2)19-25-26-20(33-19)21(32)30-7-5-13-17(24-10-23-13)18(30)14-9-16-12(22)4-3-6-31(16)28-14/h3-4,6,8-10,18H,5,7H2,1-2H3,(H,23,24). The van der Waals surface area contributed by atoms with E-state index < -0.39 is 17.8 Å². The number of hydrogen-bond acceptors (Lipinski definition) is 7. The minimum absolute atomic E-state index is 0.158. The number of aromatic amines is 1. The molecule has 6 heterocycles. The van der Waals surface area contributed by atoms with Gasteiger partial charge in [-0.3, -0.25) is 9.48 Å². The number of nitrogens with zero attached hydrogens (tertiary/aromatic N) is 8. The summed E-state index contributed by atoms with van der Waals surface area (Å²) >= 11 is 0. The highest BCUT2D eigenvalue weighted by Crippen LogP contribution is 2.34. The van der Waals surface area contributed by atoms with Crippen LogP contribution in [0, 0.1) is 12.7 Å². The quantitative estimate of drug-likeness (QED) is 0.449. The van der Waals surface area contributed by atoms with E-state index in [2.05, 4.69) is 30.4 Å². The van der Waals surface area contributed by atoms with Gasteiger partial charge in [0.1, 0.15) is 23.1 Å². The maximum atomic E-state index is 14.3. The zero-order chi connectivity index (χ0) is 22.7. The van der Waals surface area contributed by atoms with Gasteiger partial charge >= 0.3 is 11.8 Å². The lowest BCUT2D eigenvalue weighted by Gasteiger charge is -2.32. The molecule has 1 aliphatic heterocycles. The molecule has 0 spiro atoms. The van der Waals surface area contributed by atoms with Gasteiger partial charge in [0.25, 0.3) is 5.89 Å². The zero-order valence-corrected chi connectivity index (χ0v) is 17.7. The average molecular weight is 447 g/mol. The van der Waals surface area contributed by atoms with Gasteiger partial charge in [-0.15, -0.1) is 10.2 Å². The summed E-state index contributed by atoms with van der Waals surface area (Å²) in [6.45, 7) is 2.27. The normalized spacial score (nSPS) is 15.8. The number of aryl methyl sites for hydroxylation is 2. The molecular weight excluding hydrogens is 429 g/mol. The maximum Gasteiger partial charge on any atom is 0.312 e. The molecule has 1 aliphatic rings. The number of imidazole rings is 1. The van der Waals surface area contributed by atoms with Gasteiger partial charge in [-0.25, -0.2) is 13.9 Å². The molecule has 11 nitrogen and oxygen atoms in total. The van der Waals surface area contributed by atoms with E-state index in [1.54, 1.807) is 47.4 Å². The van der Waals surface area contributed by atoms with Crippen molar-refractivity contribution in [2.24, 2.45) is 7.05 Å². The maximum absolute atomic E-state index is 14.3. The van der Waals surface area contributed by atoms with Crippen LogP contribution in [0.2, 0.25) is 0 Å². The zero-order valence-electron chi connectivity index (χ0n) is 17.7. The van der Waals surface area contributed by atoms with Crippen molar-refractivity contribution < 1.29 is 13.6 Å². The third-order valence-electron chi connectivity index (χ3n) is 5.88. The second kappa shape index (κ2) is 7.08. The molecule has 5 aromatic heterocycles. The summed E-state index contributed by atoms with van der Waals surface area (Å²) < 4.78 is 23.1. The van der Waals surface area contributed by atoms with E-state index in [4.69, 9.17) is 4.42 Å². The molecule has 0 aliphatic carbocycles. The molecule has 166 valence electrons. The predicted molar refractivity (Wildman–Crippen MR) is 112 cm³/mol. The number of rotatable bonds is 3. The Balaban J connectivity index is 1.40. The molecule has 5 aromatic rings. The Kier molecular flexibility index (Phi) is 4.15. The van der Waals surface area contributed by atoms with Crippen LogP contribution < -0.4 is 0 Å². The monoisotopic (exact) mass is 447 g/mol. The van der Waals surface area contributed by atoms with Crippen LogP contribution in [0.5, 0.6) is 0 Å². The van der Waals surface area contributed by atoms with Crippen molar-refractivity contribution in [3.05, 3.63) is 71.3 Å². The second-order valence-electron chi connectivity index (χ2n) is 7.88. The van der Waals surface area contributed by atoms with Crippen LogP contribution in [-0.4, -0.2) is 56.9 Å². The summed E-state index contributed by atoms with van der Waals surface area (Å²) in [4.78, 5) is 22.6. The molecule has 0 radical (unpaired) electrons. The lowest BCUT2D eigenvalue weighted by atomic mass is 9.99. The summed E-state index contributed by atoms with van der Waals surface area (Å²) in [5.41, 5.74) is 3.75. The molecule has 0 aromatic carbocycles. The van der Waals surface area contributed by atoms with Gasteiger partial charge in [0.15, 0.2) is 0 Å². The topological polar surface area (TPSA) is 123 Å². The Morgan fingerprint density at radius 1 is 1.27 bits per heavy atom. The van der Waals surface area contributed by atoms with Gasteiger partial charge in [-0.1, -0.05) is 0 Å². The van der Waals surface area contributed by atoms with Gasteiger partial charge in [-0.05, 0) is 31.2 Å². The summed E-state index contributed by atoms with van der Waals surface area (Å²) in [6, 6.07) is 5.72. The number of carbonyl (C=O) groups is 1. The van der Waals surface area contributed by atoms with Gasteiger partial charge in [0.05, 0.1) is 17.7 Å². The Bertz CT molecular complexity index is 1490. The first-order chi connectivity index (χ1) is 16.0. The Morgan fingerprint density at radius 2 is 2.15 bits per heavy atom. The van der Waals surface area contributed by atoms with Crippen molar-refractivity contribution in [2.45, 2.75) is 19.4 Å². The highest BCUT2D eigenvalue weighted by molar-refractivity contribution is 5.90. The van der Waals surface area contributed by atoms with Crippen molar-refractivity contribution in [2.75, 3.05) is 6.54 Å². The number of aromatic nitrogens is 8. The number of pyridine rings is 1. The summed E-state index contributed by atoms with van der Waals surface area (Å²) in [5.74, 6) is -0.866. The Hall–Kier alpha value is -4.35. The molecule has 1 unspecified atom stereocenters. The van der Waals surface area contributed by atoms with E-state index in [1.165, 1.54) is 10.6 Å². The SMILES string of the molecule is Cc1cc(-c2nnc(C(=O)N3CCc4[nH]cnc4C3c3cc4c(F)cccn4n3)o2)nn1C. The van der Waals surface area contributed by atoms with Crippen LogP contribution in [0.4, 0.5) is 4.39 Å². The number of hydrogen-bond donors (Lipinski definition) is 1. The van der Waals surface area contributed by atoms with Gasteiger partial charge in [-0.2, -0.15) is 10.2 Å². The third kappa shape index (κ3) is 3.02. The van der Waals surface area contributed by atoms with Crippen LogP contribution in [0.25, 0.3) is 17.1 Å². The minimum atomic E-state index is -0.640. The predicted octanol–water partition coefficient (Wildman–Crippen LogP) is 2.08. The number of halogens is 1. The van der Waals surface area contributed by atoms with E-state index in [0.717, 1.165) is 11.4 Å². The molecule has 0 bridgehead atoms. The van der Waals surface area contributed by atoms with E-state index in [0.29, 0.717) is 35.6 Å². The Morgan fingerprint density at radius 3 is 2.94 bits per heavy atom.